The number of pyridine rings is 1. The zero-order valence-corrected chi connectivity index (χ0v) is 14.3. The average Bonchev–Trinajstić information content (AvgIpc) is 2.60. The van der Waals surface area contributed by atoms with E-state index in [4.69, 9.17) is 4.74 Å². The molecule has 1 aliphatic rings. The molecule has 0 radical (unpaired) electrons. The molecule has 7 heteroatoms. The first-order valence-corrected chi connectivity index (χ1v) is 8.32. The lowest BCUT2D eigenvalue weighted by Crippen LogP contribution is -2.48. The van der Waals surface area contributed by atoms with Crippen LogP contribution >= 0.6 is 0 Å². The number of nitrogens with one attached hydrogen (secondary N) is 1. The molecule has 2 heterocycles. The van der Waals surface area contributed by atoms with Crippen LogP contribution in [0.25, 0.3) is 0 Å². The molecule has 24 heavy (non-hydrogen) atoms. The molecule has 0 bridgehead atoms. The third kappa shape index (κ3) is 5.19. The van der Waals surface area contributed by atoms with Crippen LogP contribution in [0.5, 0.6) is 0 Å². The highest BCUT2D eigenvalue weighted by Crippen LogP contribution is 2.19. The molecule has 1 saturated heterocycles. The van der Waals surface area contributed by atoms with Gasteiger partial charge in [-0.3, -0.25) is 10.1 Å². The minimum Gasteiger partial charge on any atom is -0.469 e. The van der Waals surface area contributed by atoms with Crippen molar-refractivity contribution in [2.24, 2.45) is 0 Å². The molecule has 2 amide bonds. The lowest BCUT2D eigenvalue weighted by molar-refractivity contribution is -0.139. The molecule has 0 saturated carbocycles. The Morgan fingerprint density at radius 3 is 2.96 bits per heavy atom. The molecule has 1 aliphatic heterocycles. The van der Waals surface area contributed by atoms with Gasteiger partial charge in [0.15, 0.2) is 0 Å². The van der Waals surface area contributed by atoms with Gasteiger partial charge in [-0.05, 0) is 38.3 Å². The van der Waals surface area contributed by atoms with Gasteiger partial charge in [0.05, 0.1) is 31.9 Å². The summed E-state index contributed by atoms with van der Waals surface area (Å²) in [6, 6.07) is 5.11. The van der Waals surface area contributed by atoms with Crippen LogP contribution in [-0.2, 0) is 20.7 Å². The maximum atomic E-state index is 12.6. The molecule has 2 rings (SSSR count). The monoisotopic (exact) mass is 335 g/mol. The second kappa shape index (κ2) is 9.22. The van der Waals surface area contributed by atoms with Crippen molar-refractivity contribution in [1.82, 2.24) is 9.88 Å². The number of hydrogen-bond acceptors (Lipinski definition) is 5. The summed E-state index contributed by atoms with van der Waals surface area (Å²) in [7, 11) is 1.34. The van der Waals surface area contributed by atoms with Crippen molar-refractivity contribution >= 4 is 17.8 Å². The molecule has 1 aromatic rings. The largest absolute Gasteiger partial charge is 0.469 e. The first-order valence-electron chi connectivity index (χ1n) is 8.32. The molecule has 132 valence electrons. The first kappa shape index (κ1) is 18.2. The highest BCUT2D eigenvalue weighted by Gasteiger charge is 2.27. The van der Waals surface area contributed by atoms with Gasteiger partial charge in [0, 0.05) is 13.2 Å². The van der Waals surface area contributed by atoms with Gasteiger partial charge < -0.3 is 14.4 Å². The number of rotatable bonds is 6. The Hall–Kier alpha value is -2.15. The first-order chi connectivity index (χ1) is 11.6. The molecular weight excluding hydrogens is 310 g/mol. The predicted molar refractivity (Wildman–Crippen MR) is 89.8 cm³/mol. The summed E-state index contributed by atoms with van der Waals surface area (Å²) in [5.74, 6) is 0.0703. The summed E-state index contributed by atoms with van der Waals surface area (Å²) in [5, 5.41) is 2.82. The summed E-state index contributed by atoms with van der Waals surface area (Å²) in [6.45, 7) is 3.86. The van der Waals surface area contributed by atoms with Crippen molar-refractivity contribution in [1.29, 1.82) is 0 Å². The van der Waals surface area contributed by atoms with E-state index in [1.54, 1.807) is 18.2 Å². The van der Waals surface area contributed by atoms with Gasteiger partial charge in [-0.15, -0.1) is 0 Å². The van der Waals surface area contributed by atoms with E-state index in [1.165, 1.54) is 7.11 Å². The Kier molecular flexibility index (Phi) is 6.99. The highest BCUT2D eigenvalue weighted by molar-refractivity contribution is 5.88. The van der Waals surface area contributed by atoms with Crippen molar-refractivity contribution in [3.63, 3.8) is 0 Å². The number of anilines is 1. The molecule has 1 atom stereocenters. The summed E-state index contributed by atoms with van der Waals surface area (Å²) in [5.41, 5.74) is 0.559. The van der Waals surface area contributed by atoms with Crippen LogP contribution in [0, 0.1) is 0 Å². The van der Waals surface area contributed by atoms with Crippen molar-refractivity contribution in [3.05, 3.63) is 23.9 Å². The highest BCUT2D eigenvalue weighted by atomic mass is 16.5. The zero-order valence-electron chi connectivity index (χ0n) is 14.3. The van der Waals surface area contributed by atoms with Crippen LogP contribution in [0.3, 0.4) is 0 Å². The van der Waals surface area contributed by atoms with Crippen LogP contribution in [-0.4, -0.2) is 54.8 Å². The summed E-state index contributed by atoms with van der Waals surface area (Å²) >= 11 is 0. The molecular formula is C17H25N3O4. The normalized spacial score (nSPS) is 17.4. The zero-order chi connectivity index (χ0) is 17.4. The van der Waals surface area contributed by atoms with Crippen LogP contribution in [0.2, 0.25) is 0 Å². The number of hydrogen-bond donors (Lipinski definition) is 1. The van der Waals surface area contributed by atoms with Gasteiger partial charge in [0.2, 0.25) is 0 Å². The van der Waals surface area contributed by atoms with E-state index >= 15 is 0 Å². The fourth-order valence-electron chi connectivity index (χ4n) is 2.74. The Bertz CT molecular complexity index is 565. The summed E-state index contributed by atoms with van der Waals surface area (Å²) in [4.78, 5) is 30.0. The van der Waals surface area contributed by atoms with Crippen molar-refractivity contribution in [2.45, 2.75) is 38.6 Å². The third-order valence-electron chi connectivity index (χ3n) is 4.00. The summed E-state index contributed by atoms with van der Waals surface area (Å²) in [6.07, 6.45) is 3.13. The maximum Gasteiger partial charge on any atom is 0.323 e. The lowest BCUT2D eigenvalue weighted by atomic mass is 10.0. The smallest absolute Gasteiger partial charge is 0.323 e. The number of aromatic nitrogens is 1. The average molecular weight is 335 g/mol. The minimum atomic E-state index is -0.362. The molecule has 1 fully saturated rings. The standard InChI is InChI=1S/C17H25N3O4/c1-3-24-12-14-8-4-5-10-20(14)17(22)19-15-9-6-7-13(18-15)11-16(21)23-2/h6-7,9,14H,3-5,8,10-12H2,1-2H3,(H,18,19,22). The SMILES string of the molecule is CCOCC1CCCCN1C(=O)Nc1cccc(CC(=O)OC)n1. The number of carbonyl (C=O) groups is 2. The number of methoxy groups -OCH3 is 1. The van der Waals surface area contributed by atoms with Gasteiger partial charge in [0.25, 0.3) is 0 Å². The molecule has 1 N–H and O–H groups in total. The van der Waals surface area contributed by atoms with E-state index in [-0.39, 0.29) is 24.5 Å². The second-order valence-electron chi connectivity index (χ2n) is 5.70. The molecule has 1 unspecified atom stereocenters. The van der Waals surface area contributed by atoms with Crippen molar-refractivity contribution in [3.8, 4) is 0 Å². The number of likely N-dealkylation sites (tertiary alicyclic amines) is 1. The fourth-order valence-corrected chi connectivity index (χ4v) is 2.74. The van der Waals surface area contributed by atoms with E-state index in [1.807, 2.05) is 11.8 Å². The summed E-state index contributed by atoms with van der Waals surface area (Å²) < 4.78 is 10.1. The minimum absolute atomic E-state index is 0.0802. The molecule has 1 aromatic heterocycles. The topological polar surface area (TPSA) is 80.8 Å². The van der Waals surface area contributed by atoms with E-state index < -0.39 is 0 Å². The number of carbonyl (C=O) groups excluding carboxylic acids is 2. The van der Waals surface area contributed by atoms with Crippen LogP contribution in [0.15, 0.2) is 18.2 Å². The van der Waals surface area contributed by atoms with E-state index in [9.17, 15) is 9.59 Å². The van der Waals surface area contributed by atoms with Crippen LogP contribution < -0.4 is 5.32 Å². The third-order valence-corrected chi connectivity index (χ3v) is 4.00. The van der Waals surface area contributed by atoms with Crippen LogP contribution in [0.1, 0.15) is 31.9 Å². The Labute approximate surface area is 142 Å². The number of ether oxygens (including phenoxy) is 2. The van der Waals surface area contributed by atoms with Gasteiger partial charge in [0.1, 0.15) is 5.82 Å². The quantitative estimate of drug-likeness (QED) is 0.806. The second-order valence-corrected chi connectivity index (χ2v) is 5.70. The molecule has 0 aromatic carbocycles. The van der Waals surface area contributed by atoms with E-state index in [0.29, 0.717) is 31.3 Å². The number of amides is 2. The van der Waals surface area contributed by atoms with Crippen molar-refractivity contribution in [2.75, 3.05) is 32.2 Å². The Morgan fingerprint density at radius 2 is 2.21 bits per heavy atom. The number of esters is 1. The Balaban J connectivity index is 1.99. The predicted octanol–water partition coefficient (Wildman–Crippen LogP) is 2.22. The van der Waals surface area contributed by atoms with Gasteiger partial charge in [-0.25, -0.2) is 9.78 Å². The fraction of sp³-hybridized carbons (Fsp3) is 0.588. The maximum absolute atomic E-state index is 12.6. The van der Waals surface area contributed by atoms with E-state index in [2.05, 4.69) is 15.0 Å². The molecule has 7 nitrogen and oxygen atoms in total. The van der Waals surface area contributed by atoms with Gasteiger partial charge in [-0.1, -0.05) is 6.07 Å². The number of piperidine rings is 1. The van der Waals surface area contributed by atoms with Crippen molar-refractivity contribution < 1.29 is 19.1 Å². The number of urea groups is 1. The Morgan fingerprint density at radius 1 is 1.38 bits per heavy atom. The number of nitrogens with zero attached hydrogens (tertiary/aromatic N) is 2. The molecule has 0 spiro atoms. The molecule has 0 aliphatic carbocycles. The van der Waals surface area contributed by atoms with E-state index in [0.717, 1.165) is 19.3 Å². The van der Waals surface area contributed by atoms with Gasteiger partial charge >= 0.3 is 12.0 Å². The van der Waals surface area contributed by atoms with Gasteiger partial charge in [-0.2, -0.15) is 0 Å². The lowest BCUT2D eigenvalue weighted by Gasteiger charge is -2.35. The van der Waals surface area contributed by atoms with Crippen LogP contribution in [0.4, 0.5) is 10.6 Å².